The van der Waals surface area contributed by atoms with Gasteiger partial charge in [0.05, 0.1) is 5.56 Å². The Morgan fingerprint density at radius 3 is 2.29 bits per heavy atom. The maximum Gasteiger partial charge on any atom is 0.416 e. The third-order valence-electron chi connectivity index (χ3n) is 3.74. The van der Waals surface area contributed by atoms with Crippen LogP contribution in [0, 0.1) is 0 Å². The minimum absolute atomic E-state index is 0.0899. The van der Waals surface area contributed by atoms with Crippen molar-refractivity contribution in [2.45, 2.75) is 57.0 Å². The van der Waals surface area contributed by atoms with Crippen molar-refractivity contribution in [2.75, 3.05) is 7.05 Å². The lowest BCUT2D eigenvalue weighted by Gasteiger charge is -2.30. The minimum atomic E-state index is -4.26. The Kier molecular flexibility index (Phi) is 4.37. The summed E-state index contributed by atoms with van der Waals surface area (Å²) in [4.78, 5) is 0. The molecule has 0 radical (unpaired) electrons. The predicted octanol–water partition coefficient (Wildman–Crippen LogP) is 5.63. The molecule has 1 aliphatic carbocycles. The predicted molar refractivity (Wildman–Crippen MR) is 82.3 cm³/mol. The van der Waals surface area contributed by atoms with Gasteiger partial charge >= 0.3 is 6.18 Å². The van der Waals surface area contributed by atoms with Gasteiger partial charge in [-0.2, -0.15) is 13.2 Å². The van der Waals surface area contributed by atoms with Crippen LogP contribution < -0.4 is 0 Å². The van der Waals surface area contributed by atoms with Gasteiger partial charge in [0.25, 0.3) is 0 Å². The molecule has 0 aromatic heterocycles. The third kappa shape index (κ3) is 3.75. The molecule has 118 valence electrons. The van der Waals surface area contributed by atoms with Crippen LogP contribution in [-0.2, 0) is 6.18 Å². The zero-order valence-electron chi connectivity index (χ0n) is 13.1. The molecule has 2 atom stereocenters. The van der Waals surface area contributed by atoms with Crippen LogP contribution in [0.3, 0.4) is 0 Å². The van der Waals surface area contributed by atoms with E-state index in [2.05, 4.69) is 25.1 Å². The fourth-order valence-corrected chi connectivity index (χ4v) is 4.10. The first kappa shape index (κ1) is 16.7. The van der Waals surface area contributed by atoms with Crippen molar-refractivity contribution in [3.63, 3.8) is 0 Å². The quantitative estimate of drug-likeness (QED) is 0.650. The van der Waals surface area contributed by atoms with Gasteiger partial charge in [0.1, 0.15) is 0 Å². The molecule has 0 amide bonds. The van der Waals surface area contributed by atoms with Gasteiger partial charge in [0.15, 0.2) is 0 Å². The SMILES string of the molecule is CC1CC(N(C)SC(C)(C)C)c2ccc(C(F)(F)F)cc21. The molecular weight excluding hydrogens is 295 g/mol. The van der Waals surface area contributed by atoms with Gasteiger partial charge in [-0.15, -0.1) is 0 Å². The van der Waals surface area contributed by atoms with E-state index in [1.807, 2.05) is 14.0 Å². The van der Waals surface area contributed by atoms with E-state index in [0.29, 0.717) is 0 Å². The van der Waals surface area contributed by atoms with Crippen molar-refractivity contribution in [3.8, 4) is 0 Å². The van der Waals surface area contributed by atoms with E-state index >= 15 is 0 Å². The van der Waals surface area contributed by atoms with Crippen LogP contribution in [0.5, 0.6) is 0 Å². The van der Waals surface area contributed by atoms with E-state index < -0.39 is 11.7 Å². The number of fused-ring (bicyclic) bond motifs is 1. The summed E-state index contributed by atoms with van der Waals surface area (Å²) < 4.78 is 40.8. The Morgan fingerprint density at radius 1 is 1.14 bits per heavy atom. The first-order chi connectivity index (χ1) is 9.49. The molecular formula is C16H22F3NS. The molecule has 21 heavy (non-hydrogen) atoms. The fourth-order valence-electron chi connectivity index (χ4n) is 2.91. The number of hydrogen-bond donors (Lipinski definition) is 0. The van der Waals surface area contributed by atoms with Gasteiger partial charge in [-0.25, -0.2) is 4.31 Å². The average molecular weight is 317 g/mol. The van der Waals surface area contributed by atoms with Crippen molar-refractivity contribution < 1.29 is 13.2 Å². The zero-order valence-corrected chi connectivity index (χ0v) is 13.9. The first-order valence-corrected chi connectivity index (χ1v) is 7.89. The summed E-state index contributed by atoms with van der Waals surface area (Å²) in [5, 5.41) is 0. The molecule has 0 saturated heterocycles. The fraction of sp³-hybridized carbons (Fsp3) is 0.625. The van der Waals surface area contributed by atoms with E-state index in [9.17, 15) is 13.2 Å². The number of hydrogen-bond acceptors (Lipinski definition) is 2. The van der Waals surface area contributed by atoms with E-state index in [1.54, 1.807) is 18.0 Å². The van der Waals surface area contributed by atoms with Gasteiger partial charge in [0, 0.05) is 10.8 Å². The molecule has 5 heteroatoms. The summed E-state index contributed by atoms with van der Waals surface area (Å²) in [6, 6.07) is 4.38. The standard InChI is InChI=1S/C16H22F3NS/c1-10-8-14(20(5)21-15(2,3)4)12-7-6-11(9-13(10)12)16(17,18)19/h6-7,9-10,14H,8H2,1-5H3. The highest BCUT2D eigenvalue weighted by Gasteiger charge is 2.36. The van der Waals surface area contributed by atoms with Crippen molar-refractivity contribution >= 4 is 11.9 Å². The molecule has 0 heterocycles. The number of benzene rings is 1. The minimum Gasteiger partial charge on any atom is -0.246 e. The summed E-state index contributed by atoms with van der Waals surface area (Å²) in [7, 11) is 2.03. The topological polar surface area (TPSA) is 3.24 Å². The van der Waals surface area contributed by atoms with Crippen LogP contribution >= 0.6 is 11.9 Å². The van der Waals surface area contributed by atoms with Gasteiger partial charge in [-0.1, -0.05) is 24.9 Å². The highest BCUT2D eigenvalue weighted by Crippen LogP contribution is 2.47. The maximum atomic E-state index is 12.8. The summed E-state index contributed by atoms with van der Waals surface area (Å²) in [5.41, 5.74) is 1.34. The Labute approximate surface area is 129 Å². The van der Waals surface area contributed by atoms with Crippen LogP contribution in [0.2, 0.25) is 0 Å². The van der Waals surface area contributed by atoms with Gasteiger partial charge in [0.2, 0.25) is 0 Å². The molecule has 1 aromatic rings. The second kappa shape index (κ2) is 5.51. The molecule has 0 bridgehead atoms. The number of nitrogens with zero attached hydrogens (tertiary/aromatic N) is 1. The molecule has 2 rings (SSSR count). The van der Waals surface area contributed by atoms with Crippen molar-refractivity contribution in [1.29, 1.82) is 0 Å². The molecule has 1 aliphatic rings. The van der Waals surface area contributed by atoms with Crippen molar-refractivity contribution in [3.05, 3.63) is 34.9 Å². The molecule has 0 N–H and O–H groups in total. The summed E-state index contributed by atoms with van der Waals surface area (Å²) >= 11 is 1.74. The Bertz CT molecular complexity index is 519. The second-order valence-corrected chi connectivity index (χ2v) is 8.73. The molecule has 0 aliphatic heterocycles. The molecule has 1 aromatic carbocycles. The molecule has 0 saturated carbocycles. The Balaban J connectivity index is 2.30. The molecule has 0 spiro atoms. The number of rotatable bonds is 2. The van der Waals surface area contributed by atoms with E-state index in [4.69, 9.17) is 0 Å². The van der Waals surface area contributed by atoms with E-state index in [0.717, 1.165) is 17.5 Å². The van der Waals surface area contributed by atoms with Crippen molar-refractivity contribution in [1.82, 2.24) is 4.31 Å². The highest BCUT2D eigenvalue weighted by atomic mass is 32.2. The normalized spacial score (nSPS) is 22.7. The third-order valence-corrected chi connectivity index (χ3v) is 4.83. The lowest BCUT2D eigenvalue weighted by atomic mass is 10.0. The smallest absolute Gasteiger partial charge is 0.246 e. The van der Waals surface area contributed by atoms with Crippen LogP contribution in [0.15, 0.2) is 18.2 Å². The molecule has 1 nitrogen and oxygen atoms in total. The van der Waals surface area contributed by atoms with Crippen LogP contribution in [0.25, 0.3) is 0 Å². The zero-order chi connectivity index (χ0) is 16.0. The van der Waals surface area contributed by atoms with Gasteiger partial charge < -0.3 is 0 Å². The monoisotopic (exact) mass is 317 g/mol. The van der Waals surface area contributed by atoms with Crippen LogP contribution in [-0.4, -0.2) is 16.1 Å². The van der Waals surface area contributed by atoms with E-state index in [1.165, 1.54) is 12.1 Å². The summed E-state index contributed by atoms with van der Waals surface area (Å²) in [6.07, 6.45) is -3.39. The average Bonchev–Trinajstić information content (AvgIpc) is 2.63. The Hall–Kier alpha value is -0.680. The molecule has 0 fully saturated rings. The lowest BCUT2D eigenvalue weighted by Crippen LogP contribution is -2.23. The first-order valence-electron chi connectivity index (χ1n) is 7.12. The number of alkyl halides is 3. The largest absolute Gasteiger partial charge is 0.416 e. The second-order valence-electron chi connectivity index (χ2n) is 6.74. The lowest BCUT2D eigenvalue weighted by molar-refractivity contribution is -0.137. The summed E-state index contributed by atoms with van der Waals surface area (Å²) in [5.74, 6) is 0.162. The van der Waals surface area contributed by atoms with Crippen LogP contribution in [0.4, 0.5) is 13.2 Å². The Morgan fingerprint density at radius 2 is 1.76 bits per heavy atom. The maximum absolute atomic E-state index is 12.8. The van der Waals surface area contributed by atoms with Gasteiger partial charge in [-0.3, -0.25) is 0 Å². The number of halogens is 3. The van der Waals surface area contributed by atoms with Crippen LogP contribution in [0.1, 0.15) is 62.8 Å². The molecule has 2 unspecified atom stereocenters. The summed E-state index contributed by atoms with van der Waals surface area (Å²) in [6.45, 7) is 8.43. The van der Waals surface area contributed by atoms with Gasteiger partial charge in [-0.05, 0) is 63.4 Å². The van der Waals surface area contributed by atoms with E-state index in [-0.39, 0.29) is 16.7 Å². The van der Waals surface area contributed by atoms with Crippen molar-refractivity contribution in [2.24, 2.45) is 0 Å². The highest BCUT2D eigenvalue weighted by molar-refractivity contribution is 7.98.